The summed E-state index contributed by atoms with van der Waals surface area (Å²) in [7, 11) is 0. The van der Waals surface area contributed by atoms with Crippen LogP contribution in [0.4, 0.5) is 5.69 Å². The minimum Gasteiger partial charge on any atom is -0.492 e. The lowest BCUT2D eigenvalue weighted by atomic mass is 10.1. The molecule has 0 aliphatic heterocycles. The van der Waals surface area contributed by atoms with Crippen LogP contribution in [-0.4, -0.2) is 19.7 Å². The predicted molar refractivity (Wildman–Crippen MR) is 82.7 cm³/mol. The normalized spacial score (nSPS) is 10.9. The maximum atomic E-state index is 5.95. The summed E-state index contributed by atoms with van der Waals surface area (Å²) in [4.78, 5) is 0. The highest BCUT2D eigenvalue weighted by Crippen LogP contribution is 2.22. The molecule has 3 nitrogen and oxygen atoms in total. The molecule has 0 fully saturated rings. The molecule has 3 heteroatoms. The number of ether oxygens (including phenoxy) is 1. The van der Waals surface area contributed by atoms with Crippen LogP contribution >= 0.6 is 0 Å². The van der Waals surface area contributed by atoms with E-state index in [1.54, 1.807) is 0 Å². The van der Waals surface area contributed by atoms with Crippen LogP contribution < -0.4 is 15.8 Å². The maximum Gasteiger partial charge on any atom is 0.142 e. The van der Waals surface area contributed by atoms with Gasteiger partial charge in [0.05, 0.1) is 12.3 Å². The summed E-state index contributed by atoms with van der Waals surface area (Å²) in [5, 5.41) is 3.48. The van der Waals surface area contributed by atoms with Crippen LogP contribution in [-0.2, 0) is 6.42 Å². The fraction of sp³-hybridized carbons (Fsp3) is 0.625. The smallest absolute Gasteiger partial charge is 0.142 e. The Balaban J connectivity index is 2.24. The SMILES string of the molecule is CCOc1ccc(CCCNCCC(C)C)cc1N. The highest BCUT2D eigenvalue weighted by molar-refractivity contribution is 5.54. The first-order chi connectivity index (χ1) is 9.13. The molecule has 0 radical (unpaired) electrons. The second-order valence-electron chi connectivity index (χ2n) is 5.34. The first kappa shape index (κ1) is 15.8. The second-order valence-corrected chi connectivity index (χ2v) is 5.34. The summed E-state index contributed by atoms with van der Waals surface area (Å²) in [6, 6.07) is 6.11. The molecule has 0 atom stereocenters. The van der Waals surface area contributed by atoms with Gasteiger partial charge in [-0.1, -0.05) is 19.9 Å². The quantitative estimate of drug-likeness (QED) is 0.532. The number of benzene rings is 1. The van der Waals surface area contributed by atoms with Gasteiger partial charge in [-0.3, -0.25) is 0 Å². The summed E-state index contributed by atoms with van der Waals surface area (Å²) >= 11 is 0. The molecule has 0 aliphatic rings. The van der Waals surface area contributed by atoms with E-state index in [-0.39, 0.29) is 0 Å². The maximum absolute atomic E-state index is 5.95. The van der Waals surface area contributed by atoms with Crippen LogP contribution in [0.3, 0.4) is 0 Å². The van der Waals surface area contributed by atoms with Gasteiger partial charge >= 0.3 is 0 Å². The summed E-state index contributed by atoms with van der Waals surface area (Å²) < 4.78 is 5.43. The number of aryl methyl sites for hydroxylation is 1. The summed E-state index contributed by atoms with van der Waals surface area (Å²) in [6.07, 6.45) is 3.45. The summed E-state index contributed by atoms with van der Waals surface area (Å²) in [6.45, 7) is 9.32. The van der Waals surface area contributed by atoms with Crippen molar-refractivity contribution >= 4 is 5.69 Å². The molecule has 3 N–H and O–H groups in total. The summed E-state index contributed by atoms with van der Waals surface area (Å²) in [5.41, 5.74) is 7.98. The van der Waals surface area contributed by atoms with Crippen LogP contribution in [0.1, 0.15) is 39.2 Å². The lowest BCUT2D eigenvalue weighted by molar-refractivity contribution is 0.342. The number of hydrogen-bond acceptors (Lipinski definition) is 3. The van der Waals surface area contributed by atoms with E-state index in [1.807, 2.05) is 19.1 Å². The average Bonchev–Trinajstić information content (AvgIpc) is 2.36. The van der Waals surface area contributed by atoms with Crippen molar-refractivity contribution in [3.8, 4) is 5.75 Å². The molecule has 0 saturated heterocycles. The fourth-order valence-corrected chi connectivity index (χ4v) is 1.97. The molecule has 0 aromatic heterocycles. The van der Waals surface area contributed by atoms with Gasteiger partial charge in [-0.15, -0.1) is 0 Å². The molecule has 0 saturated carbocycles. The van der Waals surface area contributed by atoms with Gasteiger partial charge in [-0.05, 0) is 62.9 Å². The molecule has 0 unspecified atom stereocenters. The van der Waals surface area contributed by atoms with Crippen molar-refractivity contribution in [2.45, 2.75) is 40.0 Å². The zero-order valence-electron chi connectivity index (χ0n) is 12.5. The van der Waals surface area contributed by atoms with Crippen molar-refractivity contribution < 1.29 is 4.74 Å². The fourth-order valence-electron chi connectivity index (χ4n) is 1.97. The molecule has 0 bridgehead atoms. The van der Waals surface area contributed by atoms with E-state index in [0.29, 0.717) is 6.61 Å². The Kier molecular flexibility index (Phi) is 7.34. The second kappa shape index (κ2) is 8.81. The van der Waals surface area contributed by atoms with Crippen LogP contribution in [0.25, 0.3) is 0 Å². The van der Waals surface area contributed by atoms with Crippen molar-refractivity contribution in [3.63, 3.8) is 0 Å². The van der Waals surface area contributed by atoms with Crippen molar-refractivity contribution in [1.29, 1.82) is 0 Å². The molecule has 1 aromatic carbocycles. The van der Waals surface area contributed by atoms with Crippen molar-refractivity contribution in [1.82, 2.24) is 5.32 Å². The first-order valence-corrected chi connectivity index (χ1v) is 7.35. The number of hydrogen-bond donors (Lipinski definition) is 2. The van der Waals surface area contributed by atoms with Gasteiger partial charge in [-0.2, -0.15) is 0 Å². The molecule has 1 rings (SSSR count). The van der Waals surface area contributed by atoms with E-state index in [0.717, 1.165) is 43.3 Å². The third-order valence-electron chi connectivity index (χ3n) is 3.09. The number of nitrogens with one attached hydrogen (secondary N) is 1. The molecule has 0 heterocycles. The van der Waals surface area contributed by atoms with Crippen molar-refractivity contribution in [3.05, 3.63) is 23.8 Å². The Morgan fingerprint density at radius 3 is 2.68 bits per heavy atom. The van der Waals surface area contributed by atoms with Gasteiger partial charge in [0.15, 0.2) is 0 Å². The molecule has 19 heavy (non-hydrogen) atoms. The zero-order valence-corrected chi connectivity index (χ0v) is 12.5. The largest absolute Gasteiger partial charge is 0.492 e. The average molecular weight is 264 g/mol. The Morgan fingerprint density at radius 2 is 2.05 bits per heavy atom. The molecular formula is C16H28N2O. The van der Waals surface area contributed by atoms with E-state index >= 15 is 0 Å². The monoisotopic (exact) mass is 264 g/mol. The van der Waals surface area contributed by atoms with Gasteiger partial charge in [0.1, 0.15) is 5.75 Å². The molecule has 0 spiro atoms. The minimum absolute atomic E-state index is 0.656. The van der Waals surface area contributed by atoms with Crippen molar-refractivity contribution in [2.75, 3.05) is 25.4 Å². The zero-order chi connectivity index (χ0) is 14.1. The Hall–Kier alpha value is -1.22. The Labute approximate surface area is 117 Å². The lowest BCUT2D eigenvalue weighted by Crippen LogP contribution is -2.18. The summed E-state index contributed by atoms with van der Waals surface area (Å²) in [5.74, 6) is 1.57. The minimum atomic E-state index is 0.656. The van der Waals surface area contributed by atoms with Gasteiger partial charge in [0.2, 0.25) is 0 Å². The number of anilines is 1. The van der Waals surface area contributed by atoms with Gasteiger partial charge in [0, 0.05) is 0 Å². The van der Waals surface area contributed by atoms with E-state index in [2.05, 4.69) is 25.2 Å². The molecule has 1 aromatic rings. The van der Waals surface area contributed by atoms with E-state index in [1.165, 1.54) is 12.0 Å². The molecule has 0 amide bonds. The van der Waals surface area contributed by atoms with E-state index in [9.17, 15) is 0 Å². The number of nitrogen functional groups attached to an aromatic ring is 1. The predicted octanol–water partition coefficient (Wildman–Crippen LogP) is 3.24. The van der Waals surface area contributed by atoms with Gasteiger partial charge < -0.3 is 15.8 Å². The first-order valence-electron chi connectivity index (χ1n) is 7.35. The Bertz CT molecular complexity index is 364. The van der Waals surface area contributed by atoms with Crippen LogP contribution in [0.2, 0.25) is 0 Å². The van der Waals surface area contributed by atoms with E-state index < -0.39 is 0 Å². The number of nitrogens with two attached hydrogens (primary N) is 1. The lowest BCUT2D eigenvalue weighted by Gasteiger charge is -2.09. The highest BCUT2D eigenvalue weighted by atomic mass is 16.5. The van der Waals surface area contributed by atoms with Crippen LogP contribution in [0, 0.1) is 5.92 Å². The standard InChI is InChI=1S/C16H28N2O/c1-4-19-16-8-7-14(12-15(16)17)6-5-10-18-11-9-13(2)3/h7-8,12-13,18H,4-6,9-11,17H2,1-3H3. The van der Waals surface area contributed by atoms with Crippen LogP contribution in [0.5, 0.6) is 5.75 Å². The number of rotatable bonds is 9. The molecule has 0 aliphatic carbocycles. The van der Waals surface area contributed by atoms with Crippen LogP contribution in [0.15, 0.2) is 18.2 Å². The third-order valence-corrected chi connectivity index (χ3v) is 3.09. The van der Waals surface area contributed by atoms with Crippen molar-refractivity contribution in [2.24, 2.45) is 5.92 Å². The highest BCUT2D eigenvalue weighted by Gasteiger charge is 2.01. The Morgan fingerprint density at radius 1 is 1.26 bits per heavy atom. The topological polar surface area (TPSA) is 47.3 Å². The van der Waals surface area contributed by atoms with Gasteiger partial charge in [0.25, 0.3) is 0 Å². The van der Waals surface area contributed by atoms with Gasteiger partial charge in [-0.25, -0.2) is 0 Å². The molecular weight excluding hydrogens is 236 g/mol. The third kappa shape index (κ3) is 6.48. The molecule has 108 valence electrons. The van der Waals surface area contributed by atoms with E-state index in [4.69, 9.17) is 10.5 Å².